The summed E-state index contributed by atoms with van der Waals surface area (Å²) in [5.41, 5.74) is 1.55. The lowest BCUT2D eigenvalue weighted by Crippen LogP contribution is -2.23. The summed E-state index contributed by atoms with van der Waals surface area (Å²) in [6, 6.07) is 17.7. The second kappa shape index (κ2) is 7.99. The topological polar surface area (TPSA) is 79.8 Å². The predicted octanol–water partition coefficient (Wildman–Crippen LogP) is 3.68. The maximum absolute atomic E-state index is 12.9. The molecule has 1 heterocycles. The van der Waals surface area contributed by atoms with Gasteiger partial charge in [-0.1, -0.05) is 41.9 Å². The number of hydrogen-bond donors (Lipinski definition) is 1. The monoisotopic (exact) mass is 392 g/mol. The molecule has 1 N–H and O–H groups in total. The van der Waals surface area contributed by atoms with Gasteiger partial charge in [0.25, 0.3) is 11.5 Å². The van der Waals surface area contributed by atoms with Gasteiger partial charge in [-0.3, -0.25) is 14.3 Å². The number of carbonyl (C=O) groups excluding carboxylic acids is 1. The first-order chi connectivity index (χ1) is 13.4. The molecule has 0 aliphatic rings. The van der Waals surface area contributed by atoms with E-state index in [9.17, 15) is 14.9 Å². The van der Waals surface area contributed by atoms with Crippen LogP contribution in [0.3, 0.4) is 0 Å². The number of aromatic nitrogens is 2. The van der Waals surface area contributed by atoms with Crippen molar-refractivity contribution < 1.29 is 4.79 Å². The van der Waals surface area contributed by atoms with Crippen LogP contribution in [-0.4, -0.2) is 15.3 Å². The summed E-state index contributed by atoms with van der Waals surface area (Å²) in [4.78, 5) is 25.5. The largest absolute Gasteiger partial charge is 0.315 e. The quantitative estimate of drug-likeness (QED) is 0.543. The number of para-hydroxylation sites is 1. The second-order valence-corrected chi connectivity index (χ2v) is 6.55. The lowest BCUT2D eigenvalue weighted by atomic mass is 10.1. The Morgan fingerprint density at radius 1 is 1.14 bits per heavy atom. The average molecular weight is 393 g/mol. The third-order valence-electron chi connectivity index (χ3n) is 4.34. The molecule has 0 fully saturated rings. The van der Waals surface area contributed by atoms with E-state index in [-0.39, 0.29) is 16.8 Å². The maximum atomic E-state index is 12.9. The van der Waals surface area contributed by atoms with E-state index in [0.29, 0.717) is 22.0 Å². The zero-order valence-corrected chi connectivity index (χ0v) is 16.1. The number of halogens is 1. The van der Waals surface area contributed by atoms with E-state index in [1.165, 1.54) is 10.8 Å². The van der Waals surface area contributed by atoms with Gasteiger partial charge in [0.1, 0.15) is 17.3 Å². The third kappa shape index (κ3) is 3.75. The van der Waals surface area contributed by atoms with Crippen LogP contribution >= 0.6 is 11.6 Å². The first-order valence-corrected chi connectivity index (χ1v) is 8.83. The molecule has 0 unspecified atom stereocenters. The molecule has 3 aromatic rings. The van der Waals surface area contributed by atoms with Crippen LogP contribution in [0.15, 0.2) is 65.0 Å². The molecule has 0 spiro atoms. The SMILES string of the molecule is Cc1c(NC(=O)/C(C#N)=C/c2ccc(Cl)cc2)c(=O)n(-c2ccccc2)n1C. The van der Waals surface area contributed by atoms with Crippen LogP contribution in [-0.2, 0) is 11.8 Å². The van der Waals surface area contributed by atoms with Gasteiger partial charge in [-0.15, -0.1) is 0 Å². The number of nitriles is 1. The zero-order valence-electron chi connectivity index (χ0n) is 15.3. The average Bonchev–Trinajstić information content (AvgIpc) is 2.91. The summed E-state index contributed by atoms with van der Waals surface area (Å²) in [5.74, 6) is -0.650. The van der Waals surface area contributed by atoms with Crippen molar-refractivity contribution in [2.24, 2.45) is 7.05 Å². The molecule has 7 heteroatoms. The lowest BCUT2D eigenvalue weighted by molar-refractivity contribution is -0.112. The fourth-order valence-corrected chi connectivity index (χ4v) is 2.89. The number of anilines is 1. The van der Waals surface area contributed by atoms with Crippen molar-refractivity contribution in [2.45, 2.75) is 6.92 Å². The Balaban J connectivity index is 1.95. The standard InChI is InChI=1S/C21H17ClN4O2/c1-14-19(21(28)26(25(14)2)18-6-4-3-5-7-18)24-20(27)16(13-23)12-15-8-10-17(22)11-9-15/h3-12H,1-2H3,(H,24,27)/b16-12+. The van der Waals surface area contributed by atoms with E-state index < -0.39 is 5.91 Å². The number of carbonyl (C=O) groups is 1. The maximum Gasteiger partial charge on any atom is 0.295 e. The summed E-state index contributed by atoms with van der Waals surface area (Å²) in [6.45, 7) is 1.73. The van der Waals surface area contributed by atoms with Gasteiger partial charge in [0.15, 0.2) is 0 Å². The lowest BCUT2D eigenvalue weighted by Gasteiger charge is -2.07. The van der Waals surface area contributed by atoms with Gasteiger partial charge < -0.3 is 5.32 Å². The van der Waals surface area contributed by atoms with Crippen molar-refractivity contribution in [2.75, 3.05) is 5.32 Å². The van der Waals surface area contributed by atoms with Gasteiger partial charge in [-0.25, -0.2) is 4.68 Å². The summed E-state index contributed by atoms with van der Waals surface area (Å²) >= 11 is 5.85. The second-order valence-electron chi connectivity index (χ2n) is 6.11. The van der Waals surface area contributed by atoms with Crippen molar-refractivity contribution >= 4 is 29.3 Å². The molecule has 1 aromatic heterocycles. The van der Waals surface area contributed by atoms with Gasteiger partial charge in [0, 0.05) is 12.1 Å². The highest BCUT2D eigenvalue weighted by Crippen LogP contribution is 2.16. The van der Waals surface area contributed by atoms with Crippen molar-refractivity contribution in [3.8, 4) is 11.8 Å². The predicted molar refractivity (Wildman–Crippen MR) is 109 cm³/mol. The van der Waals surface area contributed by atoms with Crippen LogP contribution in [0.4, 0.5) is 5.69 Å². The van der Waals surface area contributed by atoms with Crippen molar-refractivity contribution in [3.05, 3.63) is 86.8 Å². The summed E-state index contributed by atoms with van der Waals surface area (Å²) in [5, 5.41) is 12.5. The van der Waals surface area contributed by atoms with Crippen LogP contribution in [0.5, 0.6) is 0 Å². The number of nitrogens with zero attached hydrogens (tertiary/aromatic N) is 3. The molecular formula is C21H17ClN4O2. The minimum Gasteiger partial charge on any atom is -0.315 e. The molecule has 28 heavy (non-hydrogen) atoms. The number of rotatable bonds is 4. The molecule has 0 atom stereocenters. The van der Waals surface area contributed by atoms with Crippen molar-refractivity contribution in [3.63, 3.8) is 0 Å². The minimum atomic E-state index is -0.650. The molecule has 0 saturated carbocycles. The normalized spacial score (nSPS) is 11.1. The Bertz CT molecular complexity index is 1150. The van der Waals surface area contributed by atoms with E-state index in [4.69, 9.17) is 11.6 Å². The fourth-order valence-electron chi connectivity index (χ4n) is 2.77. The van der Waals surface area contributed by atoms with Crippen LogP contribution in [0.1, 0.15) is 11.3 Å². The number of nitrogens with one attached hydrogen (secondary N) is 1. The fraction of sp³-hybridized carbons (Fsp3) is 0.0952. The Morgan fingerprint density at radius 3 is 2.39 bits per heavy atom. The summed E-state index contributed by atoms with van der Waals surface area (Å²) in [6.07, 6.45) is 1.44. The van der Waals surface area contributed by atoms with E-state index in [2.05, 4.69) is 5.32 Å². The number of benzene rings is 2. The van der Waals surface area contributed by atoms with Gasteiger partial charge >= 0.3 is 0 Å². The Kier molecular flexibility index (Phi) is 5.48. The van der Waals surface area contributed by atoms with E-state index in [0.717, 1.165) is 0 Å². The number of amides is 1. The Hall–Kier alpha value is -3.56. The molecular weight excluding hydrogens is 376 g/mol. The van der Waals surface area contributed by atoms with Crippen molar-refractivity contribution in [1.29, 1.82) is 5.26 Å². The van der Waals surface area contributed by atoms with Gasteiger partial charge in [-0.2, -0.15) is 5.26 Å². The molecule has 3 rings (SSSR count). The summed E-state index contributed by atoms with van der Waals surface area (Å²) in [7, 11) is 1.73. The Morgan fingerprint density at radius 2 is 1.79 bits per heavy atom. The highest BCUT2D eigenvalue weighted by Gasteiger charge is 2.19. The van der Waals surface area contributed by atoms with Crippen LogP contribution in [0, 0.1) is 18.3 Å². The molecule has 6 nitrogen and oxygen atoms in total. The smallest absolute Gasteiger partial charge is 0.295 e. The molecule has 2 aromatic carbocycles. The molecule has 0 radical (unpaired) electrons. The van der Waals surface area contributed by atoms with Gasteiger partial charge in [0.2, 0.25) is 0 Å². The van der Waals surface area contributed by atoms with Crippen LogP contribution < -0.4 is 10.9 Å². The Labute approximate surface area is 166 Å². The number of hydrogen-bond acceptors (Lipinski definition) is 3. The third-order valence-corrected chi connectivity index (χ3v) is 4.59. The first kappa shape index (κ1) is 19.2. The van der Waals surface area contributed by atoms with E-state index in [1.807, 2.05) is 24.3 Å². The van der Waals surface area contributed by atoms with Gasteiger partial charge in [-0.05, 0) is 42.8 Å². The van der Waals surface area contributed by atoms with Crippen molar-refractivity contribution in [1.82, 2.24) is 9.36 Å². The summed E-state index contributed by atoms with van der Waals surface area (Å²) < 4.78 is 3.11. The van der Waals surface area contributed by atoms with E-state index >= 15 is 0 Å². The molecule has 1 amide bonds. The highest BCUT2D eigenvalue weighted by molar-refractivity contribution is 6.30. The minimum absolute atomic E-state index is 0.115. The van der Waals surface area contributed by atoms with Gasteiger partial charge in [0.05, 0.1) is 11.4 Å². The first-order valence-electron chi connectivity index (χ1n) is 8.45. The molecule has 0 aliphatic heterocycles. The molecule has 0 saturated heterocycles. The highest BCUT2D eigenvalue weighted by atomic mass is 35.5. The molecule has 0 bridgehead atoms. The van der Waals surface area contributed by atoms with Crippen LogP contribution in [0.25, 0.3) is 11.8 Å². The van der Waals surface area contributed by atoms with E-state index in [1.54, 1.807) is 55.1 Å². The van der Waals surface area contributed by atoms with Crippen LogP contribution in [0.2, 0.25) is 5.02 Å². The zero-order chi connectivity index (χ0) is 20.3. The molecule has 0 aliphatic carbocycles. The molecule has 140 valence electrons.